The maximum absolute atomic E-state index is 8.64. The number of benzene rings is 1. The number of methoxy groups -OCH3 is 1. The number of halogens is 2. The monoisotopic (exact) mass is 286 g/mol. The molecule has 18 heavy (non-hydrogen) atoms. The lowest BCUT2D eigenvalue weighted by Gasteiger charge is -2.20. The van der Waals surface area contributed by atoms with Crippen LogP contribution in [0.15, 0.2) is 18.2 Å². The van der Waals surface area contributed by atoms with Crippen molar-refractivity contribution in [2.24, 2.45) is 0 Å². The van der Waals surface area contributed by atoms with Crippen LogP contribution >= 0.6 is 23.2 Å². The summed E-state index contributed by atoms with van der Waals surface area (Å²) in [6.45, 7) is 2.90. The summed E-state index contributed by atoms with van der Waals surface area (Å²) in [4.78, 5) is 2.16. The second-order valence-corrected chi connectivity index (χ2v) is 4.74. The molecule has 1 rings (SSSR count). The van der Waals surface area contributed by atoms with E-state index < -0.39 is 0 Å². The van der Waals surface area contributed by atoms with E-state index in [0.717, 1.165) is 25.2 Å². The molecule has 0 fully saturated rings. The maximum atomic E-state index is 8.64. The van der Waals surface area contributed by atoms with Gasteiger partial charge in [-0.05, 0) is 17.7 Å². The van der Waals surface area contributed by atoms with Gasteiger partial charge in [-0.25, -0.2) is 0 Å². The van der Waals surface area contributed by atoms with E-state index in [0.29, 0.717) is 23.1 Å². The molecule has 0 saturated heterocycles. The number of hydrogen-bond acceptors (Lipinski definition) is 3. The number of rotatable bonds is 7. The van der Waals surface area contributed by atoms with Crippen molar-refractivity contribution >= 4 is 23.2 Å². The van der Waals surface area contributed by atoms with Crippen molar-refractivity contribution in [1.29, 1.82) is 5.26 Å². The third-order valence-corrected chi connectivity index (χ3v) is 3.28. The second-order valence-electron chi connectivity index (χ2n) is 3.93. The lowest BCUT2D eigenvalue weighted by Crippen LogP contribution is -2.28. The fourth-order valence-electron chi connectivity index (χ4n) is 1.59. The molecule has 0 atom stereocenters. The zero-order valence-corrected chi connectivity index (χ0v) is 11.8. The molecule has 1 aromatic rings. The van der Waals surface area contributed by atoms with E-state index in [1.165, 1.54) is 0 Å². The van der Waals surface area contributed by atoms with Gasteiger partial charge in [-0.3, -0.25) is 4.90 Å². The van der Waals surface area contributed by atoms with E-state index in [1.54, 1.807) is 13.2 Å². The summed E-state index contributed by atoms with van der Waals surface area (Å²) in [5.74, 6) is 0. The van der Waals surface area contributed by atoms with Crippen LogP contribution in [0.1, 0.15) is 12.0 Å². The summed E-state index contributed by atoms with van der Waals surface area (Å²) >= 11 is 11.9. The Balaban J connectivity index is 2.63. The number of nitriles is 1. The Kier molecular flexibility index (Phi) is 7.07. The Bertz CT molecular complexity index is 418. The molecule has 0 spiro atoms. The van der Waals surface area contributed by atoms with Crippen molar-refractivity contribution in [2.75, 3.05) is 26.8 Å². The van der Waals surface area contributed by atoms with Crippen molar-refractivity contribution in [3.8, 4) is 6.07 Å². The first kappa shape index (κ1) is 15.3. The Morgan fingerprint density at radius 2 is 2.06 bits per heavy atom. The highest BCUT2D eigenvalue weighted by Gasteiger charge is 2.07. The smallest absolute Gasteiger partial charge is 0.0635 e. The SMILES string of the molecule is COCCN(CCC#N)Cc1ccc(Cl)c(Cl)c1. The second kappa shape index (κ2) is 8.34. The Morgan fingerprint density at radius 1 is 1.28 bits per heavy atom. The Morgan fingerprint density at radius 3 is 2.67 bits per heavy atom. The minimum absolute atomic E-state index is 0.505. The van der Waals surface area contributed by atoms with Crippen LogP contribution in [-0.2, 0) is 11.3 Å². The van der Waals surface area contributed by atoms with Crippen molar-refractivity contribution in [1.82, 2.24) is 4.90 Å². The highest BCUT2D eigenvalue weighted by Crippen LogP contribution is 2.23. The van der Waals surface area contributed by atoms with E-state index in [-0.39, 0.29) is 0 Å². The molecule has 0 bridgehead atoms. The van der Waals surface area contributed by atoms with E-state index in [1.807, 2.05) is 12.1 Å². The third-order valence-electron chi connectivity index (χ3n) is 2.54. The Labute approximate surface area is 118 Å². The normalized spacial score (nSPS) is 10.6. The molecule has 0 aliphatic heterocycles. The predicted octanol–water partition coefficient (Wildman–Crippen LogP) is 3.36. The van der Waals surface area contributed by atoms with Gasteiger partial charge in [-0.1, -0.05) is 29.3 Å². The van der Waals surface area contributed by atoms with E-state index in [2.05, 4.69) is 11.0 Å². The maximum Gasteiger partial charge on any atom is 0.0635 e. The van der Waals surface area contributed by atoms with Crippen molar-refractivity contribution in [2.45, 2.75) is 13.0 Å². The molecule has 0 aliphatic carbocycles. The minimum atomic E-state index is 0.505. The standard InChI is InChI=1S/C13H16Cl2N2O/c1-18-8-7-17(6-2-5-16)10-11-3-4-12(14)13(15)9-11/h3-4,9H,2,6-8,10H2,1H3. The lowest BCUT2D eigenvalue weighted by atomic mass is 10.2. The van der Waals surface area contributed by atoms with E-state index in [9.17, 15) is 0 Å². The zero-order valence-electron chi connectivity index (χ0n) is 10.3. The molecule has 0 aromatic heterocycles. The molecular formula is C13H16Cl2N2O. The summed E-state index contributed by atoms with van der Waals surface area (Å²) in [6.07, 6.45) is 0.505. The molecule has 0 amide bonds. The highest BCUT2D eigenvalue weighted by molar-refractivity contribution is 6.42. The van der Waals surface area contributed by atoms with Gasteiger partial charge >= 0.3 is 0 Å². The number of nitrogens with zero attached hydrogens (tertiary/aromatic N) is 2. The van der Waals surface area contributed by atoms with Gasteiger partial charge in [0, 0.05) is 33.2 Å². The molecule has 0 aliphatic rings. The van der Waals surface area contributed by atoms with Gasteiger partial charge in [-0.2, -0.15) is 5.26 Å². The van der Waals surface area contributed by atoms with Crippen LogP contribution in [0.25, 0.3) is 0 Å². The number of hydrogen-bond donors (Lipinski definition) is 0. The average molecular weight is 287 g/mol. The highest BCUT2D eigenvalue weighted by atomic mass is 35.5. The van der Waals surface area contributed by atoms with E-state index in [4.69, 9.17) is 33.2 Å². The van der Waals surface area contributed by atoms with E-state index >= 15 is 0 Å². The molecule has 0 N–H and O–H groups in total. The first-order chi connectivity index (χ1) is 8.67. The first-order valence-electron chi connectivity index (χ1n) is 5.69. The van der Waals surface area contributed by atoms with Gasteiger partial charge in [-0.15, -0.1) is 0 Å². The van der Waals surface area contributed by atoms with Crippen LogP contribution < -0.4 is 0 Å². The average Bonchev–Trinajstić information content (AvgIpc) is 2.37. The number of ether oxygens (including phenoxy) is 1. The molecular weight excluding hydrogens is 271 g/mol. The lowest BCUT2D eigenvalue weighted by molar-refractivity contribution is 0.145. The van der Waals surface area contributed by atoms with Gasteiger partial charge in [0.25, 0.3) is 0 Å². The molecule has 0 saturated carbocycles. The fraction of sp³-hybridized carbons (Fsp3) is 0.462. The summed E-state index contributed by atoms with van der Waals surface area (Å²) in [7, 11) is 1.67. The van der Waals surface area contributed by atoms with Gasteiger partial charge < -0.3 is 4.74 Å². The van der Waals surface area contributed by atoms with Crippen LogP contribution in [0.2, 0.25) is 10.0 Å². The molecule has 0 unspecified atom stereocenters. The zero-order chi connectivity index (χ0) is 13.4. The van der Waals surface area contributed by atoms with Gasteiger partial charge in [0.2, 0.25) is 0 Å². The van der Waals surface area contributed by atoms with Crippen LogP contribution in [-0.4, -0.2) is 31.7 Å². The van der Waals surface area contributed by atoms with Crippen LogP contribution in [0.3, 0.4) is 0 Å². The summed E-state index contributed by atoms with van der Waals surface area (Å²) in [6, 6.07) is 7.74. The van der Waals surface area contributed by atoms with Gasteiger partial charge in [0.15, 0.2) is 0 Å². The van der Waals surface area contributed by atoms with Crippen molar-refractivity contribution < 1.29 is 4.74 Å². The molecule has 5 heteroatoms. The molecule has 3 nitrogen and oxygen atoms in total. The van der Waals surface area contributed by atoms with Gasteiger partial charge in [0.1, 0.15) is 0 Å². The summed E-state index contributed by atoms with van der Waals surface area (Å²) in [5, 5.41) is 9.75. The predicted molar refractivity (Wildman–Crippen MR) is 73.8 cm³/mol. The van der Waals surface area contributed by atoms with Crippen LogP contribution in [0.5, 0.6) is 0 Å². The molecule has 98 valence electrons. The molecule has 0 radical (unpaired) electrons. The molecule has 1 aromatic carbocycles. The summed E-state index contributed by atoms with van der Waals surface area (Å²) < 4.78 is 5.06. The Hall–Kier alpha value is -0.790. The topological polar surface area (TPSA) is 36.3 Å². The summed E-state index contributed by atoms with van der Waals surface area (Å²) in [5.41, 5.74) is 1.08. The first-order valence-corrected chi connectivity index (χ1v) is 6.45. The minimum Gasteiger partial charge on any atom is -0.383 e. The van der Waals surface area contributed by atoms with Crippen molar-refractivity contribution in [3.63, 3.8) is 0 Å². The third kappa shape index (κ3) is 5.24. The van der Waals surface area contributed by atoms with Crippen LogP contribution in [0, 0.1) is 11.3 Å². The van der Waals surface area contributed by atoms with Crippen molar-refractivity contribution in [3.05, 3.63) is 33.8 Å². The molecule has 0 heterocycles. The quantitative estimate of drug-likeness (QED) is 0.771. The van der Waals surface area contributed by atoms with Crippen LogP contribution in [0.4, 0.5) is 0 Å². The largest absolute Gasteiger partial charge is 0.383 e. The fourth-order valence-corrected chi connectivity index (χ4v) is 1.92. The van der Waals surface area contributed by atoms with Gasteiger partial charge in [0.05, 0.1) is 22.7 Å².